The van der Waals surface area contributed by atoms with Crippen LogP contribution in [-0.4, -0.2) is 36.4 Å². The van der Waals surface area contributed by atoms with E-state index in [4.69, 9.17) is 5.73 Å². The normalized spacial score (nSPS) is 20.1. The largest absolute Gasteiger partial charge is 0.357 e. The van der Waals surface area contributed by atoms with E-state index < -0.39 is 0 Å². The first-order valence-corrected chi connectivity index (χ1v) is 4.66. The molecule has 1 aliphatic rings. The summed E-state index contributed by atoms with van der Waals surface area (Å²) in [6.07, 6.45) is 0. The average molecular weight is 169 g/mol. The van der Waals surface area contributed by atoms with Gasteiger partial charge in [0.25, 0.3) is 0 Å². The predicted octanol–water partition coefficient (Wildman–Crippen LogP) is 0.704. The van der Waals surface area contributed by atoms with Gasteiger partial charge in [0.05, 0.1) is 6.54 Å². The van der Waals surface area contributed by atoms with Crippen LogP contribution in [0.1, 0.15) is 20.8 Å². The highest BCUT2D eigenvalue weighted by atomic mass is 15.2. The van der Waals surface area contributed by atoms with Gasteiger partial charge in [-0.1, -0.05) is 13.8 Å². The van der Waals surface area contributed by atoms with Crippen molar-refractivity contribution in [2.75, 3.05) is 19.6 Å². The lowest BCUT2D eigenvalue weighted by Gasteiger charge is -2.24. The Kier molecular flexibility index (Phi) is 3.09. The fourth-order valence-corrected chi connectivity index (χ4v) is 1.58. The fraction of sp³-hybridized carbons (Fsp3) is 0.889. The Morgan fingerprint density at radius 2 is 2.17 bits per heavy atom. The van der Waals surface area contributed by atoms with Crippen LogP contribution in [-0.2, 0) is 0 Å². The summed E-state index contributed by atoms with van der Waals surface area (Å²) in [6, 6.07) is 0.243. The van der Waals surface area contributed by atoms with Crippen molar-refractivity contribution in [3.63, 3.8) is 0 Å². The number of aliphatic imine (C=N–C) groups is 1. The molecule has 0 aromatic carbocycles. The lowest BCUT2D eigenvalue weighted by atomic mass is 10.2. The molecule has 1 rings (SSSR count). The Labute approximate surface area is 74.6 Å². The van der Waals surface area contributed by atoms with Crippen LogP contribution in [0.15, 0.2) is 4.99 Å². The summed E-state index contributed by atoms with van der Waals surface area (Å²) in [6.45, 7) is 9.33. The highest BCUT2D eigenvalue weighted by Gasteiger charge is 2.19. The molecule has 0 spiro atoms. The number of nitrogens with zero attached hydrogens (tertiary/aromatic N) is 2. The summed E-state index contributed by atoms with van der Waals surface area (Å²) in [7, 11) is 0. The third kappa shape index (κ3) is 2.21. The van der Waals surface area contributed by atoms with Crippen molar-refractivity contribution in [1.29, 1.82) is 0 Å². The van der Waals surface area contributed by atoms with Gasteiger partial charge in [-0.3, -0.25) is 4.99 Å². The molecule has 0 aromatic heterocycles. The molecule has 3 nitrogen and oxygen atoms in total. The molecular formula is C9H19N3. The minimum atomic E-state index is 0.243. The molecule has 1 aliphatic heterocycles. The first kappa shape index (κ1) is 9.52. The number of hydrogen-bond acceptors (Lipinski definition) is 3. The van der Waals surface area contributed by atoms with Crippen molar-refractivity contribution in [2.45, 2.75) is 26.8 Å². The molecule has 2 N–H and O–H groups in total. The second-order valence-electron chi connectivity index (χ2n) is 3.82. The van der Waals surface area contributed by atoms with E-state index >= 15 is 0 Å². The van der Waals surface area contributed by atoms with E-state index in [-0.39, 0.29) is 6.04 Å². The predicted molar refractivity (Wildman–Crippen MR) is 52.4 cm³/mol. The summed E-state index contributed by atoms with van der Waals surface area (Å²) in [5.74, 6) is 1.76. The molecule has 0 amide bonds. The number of amidine groups is 1. The topological polar surface area (TPSA) is 41.6 Å². The van der Waals surface area contributed by atoms with Crippen molar-refractivity contribution in [2.24, 2.45) is 16.6 Å². The van der Waals surface area contributed by atoms with Crippen LogP contribution in [0.2, 0.25) is 0 Å². The molecule has 0 aromatic rings. The van der Waals surface area contributed by atoms with E-state index in [2.05, 4.69) is 23.7 Å². The first-order valence-electron chi connectivity index (χ1n) is 4.66. The quantitative estimate of drug-likeness (QED) is 0.676. The molecule has 1 heterocycles. The van der Waals surface area contributed by atoms with Crippen LogP contribution in [0.25, 0.3) is 0 Å². The molecule has 0 saturated carbocycles. The maximum atomic E-state index is 5.74. The lowest BCUT2D eigenvalue weighted by Crippen LogP contribution is -2.39. The van der Waals surface area contributed by atoms with Crippen molar-refractivity contribution in [3.8, 4) is 0 Å². The van der Waals surface area contributed by atoms with Crippen molar-refractivity contribution >= 4 is 5.84 Å². The molecule has 12 heavy (non-hydrogen) atoms. The number of hydrogen-bond donors (Lipinski definition) is 1. The molecule has 0 fully saturated rings. The van der Waals surface area contributed by atoms with Gasteiger partial charge in [-0.15, -0.1) is 0 Å². The summed E-state index contributed by atoms with van der Waals surface area (Å²) >= 11 is 0. The SMILES string of the molecule is CC(N)CN1CCN=C1C(C)C. The molecule has 3 heteroatoms. The van der Waals surface area contributed by atoms with Gasteiger partial charge < -0.3 is 10.6 Å². The van der Waals surface area contributed by atoms with E-state index in [1.165, 1.54) is 5.84 Å². The van der Waals surface area contributed by atoms with E-state index in [0.717, 1.165) is 19.6 Å². The number of rotatable bonds is 3. The van der Waals surface area contributed by atoms with E-state index in [9.17, 15) is 0 Å². The third-order valence-corrected chi connectivity index (χ3v) is 1.99. The Morgan fingerprint density at radius 3 is 2.67 bits per heavy atom. The van der Waals surface area contributed by atoms with Crippen LogP contribution in [0.4, 0.5) is 0 Å². The van der Waals surface area contributed by atoms with Gasteiger partial charge in [0.15, 0.2) is 0 Å². The average Bonchev–Trinajstić information content (AvgIpc) is 2.33. The van der Waals surface area contributed by atoms with Gasteiger partial charge in [-0.05, 0) is 6.92 Å². The summed E-state index contributed by atoms with van der Waals surface area (Å²) in [5.41, 5.74) is 5.74. The van der Waals surface area contributed by atoms with Gasteiger partial charge in [-0.25, -0.2) is 0 Å². The van der Waals surface area contributed by atoms with Crippen molar-refractivity contribution < 1.29 is 0 Å². The molecule has 1 atom stereocenters. The zero-order chi connectivity index (χ0) is 9.14. The maximum Gasteiger partial charge on any atom is 0.102 e. The van der Waals surface area contributed by atoms with E-state index in [1.807, 2.05) is 6.92 Å². The second kappa shape index (κ2) is 3.90. The Bertz CT molecular complexity index is 173. The zero-order valence-corrected chi connectivity index (χ0v) is 8.25. The first-order chi connectivity index (χ1) is 5.61. The van der Waals surface area contributed by atoms with Crippen molar-refractivity contribution in [1.82, 2.24) is 4.90 Å². The summed E-state index contributed by atoms with van der Waals surface area (Å²) in [4.78, 5) is 6.76. The molecule has 0 aliphatic carbocycles. The fourth-order valence-electron chi connectivity index (χ4n) is 1.58. The van der Waals surface area contributed by atoms with Gasteiger partial charge >= 0.3 is 0 Å². The minimum absolute atomic E-state index is 0.243. The monoisotopic (exact) mass is 169 g/mol. The summed E-state index contributed by atoms with van der Waals surface area (Å²) < 4.78 is 0. The smallest absolute Gasteiger partial charge is 0.102 e. The Balaban J connectivity index is 2.50. The molecular weight excluding hydrogens is 150 g/mol. The zero-order valence-electron chi connectivity index (χ0n) is 8.25. The van der Waals surface area contributed by atoms with Crippen LogP contribution in [0.5, 0.6) is 0 Å². The van der Waals surface area contributed by atoms with E-state index in [1.54, 1.807) is 0 Å². The third-order valence-electron chi connectivity index (χ3n) is 1.99. The molecule has 1 unspecified atom stereocenters. The molecule has 70 valence electrons. The van der Waals surface area contributed by atoms with Crippen LogP contribution in [0.3, 0.4) is 0 Å². The summed E-state index contributed by atoms with van der Waals surface area (Å²) in [5, 5.41) is 0. The van der Waals surface area contributed by atoms with Crippen molar-refractivity contribution in [3.05, 3.63) is 0 Å². The second-order valence-corrected chi connectivity index (χ2v) is 3.82. The van der Waals surface area contributed by atoms with Crippen LogP contribution in [0, 0.1) is 5.92 Å². The number of nitrogens with two attached hydrogens (primary N) is 1. The molecule has 0 saturated heterocycles. The van der Waals surface area contributed by atoms with Crippen LogP contribution < -0.4 is 5.73 Å². The maximum absolute atomic E-state index is 5.74. The molecule has 0 radical (unpaired) electrons. The lowest BCUT2D eigenvalue weighted by molar-refractivity contribution is 0.410. The van der Waals surface area contributed by atoms with Crippen LogP contribution >= 0.6 is 0 Å². The van der Waals surface area contributed by atoms with Gasteiger partial charge in [0.1, 0.15) is 5.84 Å². The standard InChI is InChI=1S/C9H19N3/c1-7(2)9-11-4-5-12(9)6-8(3)10/h7-8H,4-6,10H2,1-3H3. The Morgan fingerprint density at radius 1 is 1.50 bits per heavy atom. The van der Waals surface area contributed by atoms with Gasteiger partial charge in [0.2, 0.25) is 0 Å². The minimum Gasteiger partial charge on any atom is -0.357 e. The highest BCUT2D eigenvalue weighted by molar-refractivity contribution is 5.85. The van der Waals surface area contributed by atoms with Gasteiger partial charge in [0, 0.05) is 25.0 Å². The van der Waals surface area contributed by atoms with Gasteiger partial charge in [-0.2, -0.15) is 0 Å². The van der Waals surface area contributed by atoms with E-state index in [0.29, 0.717) is 5.92 Å². The Hall–Kier alpha value is -0.570. The highest BCUT2D eigenvalue weighted by Crippen LogP contribution is 2.09. The molecule has 0 bridgehead atoms.